The number of carboxylic acids is 1. The van der Waals surface area contributed by atoms with Crippen molar-refractivity contribution in [2.45, 2.75) is 25.3 Å². The van der Waals surface area contributed by atoms with Crippen LogP contribution in [-0.4, -0.2) is 28.9 Å². The third kappa shape index (κ3) is 2.92. The third-order valence-corrected chi connectivity index (χ3v) is 5.39. The monoisotopic (exact) mass is 340 g/mol. The smallest absolute Gasteiger partial charge is 0.307 e. The van der Waals surface area contributed by atoms with Crippen LogP contribution in [0.15, 0.2) is 36.4 Å². The van der Waals surface area contributed by atoms with Gasteiger partial charge in [0.2, 0.25) is 5.91 Å². The van der Waals surface area contributed by atoms with Gasteiger partial charge in [-0.25, -0.2) is 0 Å². The highest BCUT2D eigenvalue weighted by Gasteiger charge is 2.51. The molecule has 2 bridgehead atoms. The number of hydrogen-bond donors (Lipinski definition) is 3. The lowest BCUT2D eigenvalue weighted by Gasteiger charge is -2.24. The summed E-state index contributed by atoms with van der Waals surface area (Å²) in [6.45, 7) is 0. The minimum absolute atomic E-state index is 0.0430. The van der Waals surface area contributed by atoms with E-state index in [1.54, 1.807) is 24.3 Å². The Balaban J connectivity index is 1.54. The number of allylic oxidation sites excluding steroid dienone is 2. The Morgan fingerprint density at radius 1 is 1.00 bits per heavy atom. The molecule has 25 heavy (non-hydrogen) atoms. The highest BCUT2D eigenvalue weighted by atomic mass is 16.4. The quantitative estimate of drug-likeness (QED) is 0.715. The SMILES string of the molecule is O=C(NC1CC1)c1ccccc1NC(=O)[C@H]1[C@@H](C(=O)O)[C@H]2C=C[C@H]1C2. The summed E-state index contributed by atoms with van der Waals surface area (Å²) in [5.41, 5.74) is 0.842. The Labute approximate surface area is 145 Å². The lowest BCUT2D eigenvalue weighted by atomic mass is 9.82. The minimum atomic E-state index is -0.934. The van der Waals surface area contributed by atoms with Gasteiger partial charge in [0.15, 0.2) is 0 Å². The fourth-order valence-electron chi connectivity index (χ4n) is 4.01. The van der Waals surface area contributed by atoms with E-state index in [-0.39, 0.29) is 29.7 Å². The average Bonchev–Trinajstić information content (AvgIpc) is 3.16. The molecule has 130 valence electrons. The van der Waals surface area contributed by atoms with Crippen molar-refractivity contribution in [3.63, 3.8) is 0 Å². The van der Waals surface area contributed by atoms with Crippen LogP contribution in [-0.2, 0) is 9.59 Å². The molecule has 2 amide bonds. The van der Waals surface area contributed by atoms with Crippen molar-refractivity contribution in [2.24, 2.45) is 23.7 Å². The molecule has 6 nitrogen and oxygen atoms in total. The van der Waals surface area contributed by atoms with Gasteiger partial charge in [0.05, 0.1) is 23.1 Å². The van der Waals surface area contributed by atoms with Crippen LogP contribution in [0.5, 0.6) is 0 Å². The maximum Gasteiger partial charge on any atom is 0.307 e. The first-order valence-electron chi connectivity index (χ1n) is 8.66. The molecule has 0 aromatic heterocycles. The van der Waals surface area contributed by atoms with Crippen LogP contribution in [0.2, 0.25) is 0 Å². The van der Waals surface area contributed by atoms with Gasteiger partial charge in [-0.3, -0.25) is 14.4 Å². The predicted octanol–water partition coefficient (Wildman–Crippen LogP) is 2.04. The van der Waals surface area contributed by atoms with E-state index < -0.39 is 17.8 Å². The first-order chi connectivity index (χ1) is 12.0. The molecule has 3 aliphatic carbocycles. The lowest BCUT2D eigenvalue weighted by Crippen LogP contribution is -2.37. The number of para-hydroxylation sites is 1. The molecule has 0 saturated heterocycles. The summed E-state index contributed by atoms with van der Waals surface area (Å²) in [5, 5.41) is 15.2. The first-order valence-corrected chi connectivity index (χ1v) is 8.66. The Kier molecular flexibility index (Phi) is 3.82. The van der Waals surface area contributed by atoms with E-state index in [2.05, 4.69) is 10.6 Å². The summed E-state index contributed by atoms with van der Waals surface area (Å²) in [7, 11) is 0. The largest absolute Gasteiger partial charge is 0.481 e. The molecular formula is C19H20N2O4. The normalized spacial score (nSPS) is 29.4. The highest BCUT2D eigenvalue weighted by Crippen LogP contribution is 2.48. The van der Waals surface area contributed by atoms with Gasteiger partial charge >= 0.3 is 5.97 Å². The number of fused-ring (bicyclic) bond motifs is 2. The van der Waals surface area contributed by atoms with Crippen molar-refractivity contribution in [3.05, 3.63) is 42.0 Å². The van der Waals surface area contributed by atoms with Crippen molar-refractivity contribution < 1.29 is 19.5 Å². The Morgan fingerprint density at radius 2 is 1.68 bits per heavy atom. The van der Waals surface area contributed by atoms with Gasteiger partial charge in [-0.15, -0.1) is 0 Å². The highest BCUT2D eigenvalue weighted by molar-refractivity contribution is 6.05. The maximum absolute atomic E-state index is 12.8. The lowest BCUT2D eigenvalue weighted by molar-refractivity contribution is -0.146. The zero-order chi connectivity index (χ0) is 17.6. The van der Waals surface area contributed by atoms with E-state index in [1.807, 2.05) is 12.2 Å². The van der Waals surface area contributed by atoms with Crippen molar-refractivity contribution in [3.8, 4) is 0 Å². The first kappa shape index (κ1) is 15.9. The number of amides is 2. The second-order valence-corrected chi connectivity index (χ2v) is 7.12. The Hall–Kier alpha value is -2.63. The fourth-order valence-corrected chi connectivity index (χ4v) is 4.01. The zero-order valence-corrected chi connectivity index (χ0v) is 13.6. The van der Waals surface area contributed by atoms with E-state index in [4.69, 9.17) is 0 Å². The zero-order valence-electron chi connectivity index (χ0n) is 13.6. The molecule has 1 aromatic carbocycles. The second-order valence-electron chi connectivity index (χ2n) is 7.12. The molecule has 0 unspecified atom stereocenters. The number of carbonyl (C=O) groups excluding carboxylic acids is 2. The van der Waals surface area contributed by atoms with Crippen LogP contribution in [0.1, 0.15) is 29.6 Å². The fraction of sp³-hybridized carbons (Fsp3) is 0.421. The van der Waals surface area contributed by atoms with Crippen LogP contribution in [0.25, 0.3) is 0 Å². The van der Waals surface area contributed by atoms with E-state index in [0.717, 1.165) is 12.8 Å². The molecule has 2 fully saturated rings. The van der Waals surface area contributed by atoms with E-state index in [0.29, 0.717) is 17.7 Å². The van der Waals surface area contributed by atoms with E-state index >= 15 is 0 Å². The number of nitrogens with one attached hydrogen (secondary N) is 2. The molecule has 6 heteroatoms. The van der Waals surface area contributed by atoms with Gasteiger partial charge in [0.1, 0.15) is 0 Å². The van der Waals surface area contributed by atoms with Gasteiger partial charge in [-0.2, -0.15) is 0 Å². The average molecular weight is 340 g/mol. The number of anilines is 1. The van der Waals surface area contributed by atoms with Crippen LogP contribution in [0.3, 0.4) is 0 Å². The molecule has 0 radical (unpaired) electrons. The van der Waals surface area contributed by atoms with E-state index in [1.165, 1.54) is 0 Å². The second kappa shape index (κ2) is 6.02. The third-order valence-electron chi connectivity index (χ3n) is 5.39. The number of benzene rings is 1. The summed E-state index contributed by atoms with van der Waals surface area (Å²) in [4.78, 5) is 36.7. The van der Waals surface area contributed by atoms with Crippen molar-refractivity contribution in [1.29, 1.82) is 0 Å². The molecule has 3 N–H and O–H groups in total. The van der Waals surface area contributed by atoms with Gasteiger partial charge in [0.25, 0.3) is 5.91 Å². The molecule has 1 aromatic rings. The molecule has 4 rings (SSSR count). The summed E-state index contributed by atoms with van der Waals surface area (Å²) in [6.07, 6.45) is 6.53. The van der Waals surface area contributed by atoms with Gasteiger partial charge < -0.3 is 15.7 Å². The Bertz CT molecular complexity index is 768. The van der Waals surface area contributed by atoms with Crippen molar-refractivity contribution >= 4 is 23.5 Å². The summed E-state index contributed by atoms with van der Waals surface area (Å²) < 4.78 is 0. The van der Waals surface area contributed by atoms with Gasteiger partial charge in [-0.05, 0) is 43.2 Å². The number of carbonyl (C=O) groups is 3. The number of carboxylic acid groups (broad SMARTS) is 1. The van der Waals surface area contributed by atoms with Crippen LogP contribution in [0.4, 0.5) is 5.69 Å². The van der Waals surface area contributed by atoms with Crippen LogP contribution in [0, 0.1) is 23.7 Å². The standard InChI is InChI=1S/C19H20N2O4/c22-17(20-12-7-8-12)13-3-1-2-4-14(13)21-18(23)15-10-5-6-11(9-10)16(15)19(24)25/h1-6,10-12,15-16H,7-9H2,(H,20,22)(H,21,23)(H,24,25)/t10-,11-,15+,16-/m0/s1. The van der Waals surface area contributed by atoms with Gasteiger partial charge in [0, 0.05) is 6.04 Å². The molecule has 2 saturated carbocycles. The number of rotatable bonds is 5. The summed E-state index contributed by atoms with van der Waals surface area (Å²) >= 11 is 0. The topological polar surface area (TPSA) is 95.5 Å². The summed E-state index contributed by atoms with van der Waals surface area (Å²) in [6, 6.07) is 7.07. The van der Waals surface area contributed by atoms with Crippen molar-refractivity contribution in [2.75, 3.05) is 5.32 Å². The molecule has 0 spiro atoms. The molecular weight excluding hydrogens is 320 g/mol. The van der Waals surface area contributed by atoms with Crippen molar-refractivity contribution in [1.82, 2.24) is 5.32 Å². The summed E-state index contributed by atoms with van der Waals surface area (Å²) in [5.74, 6) is -2.87. The number of aliphatic carboxylic acids is 1. The molecule has 4 atom stereocenters. The predicted molar refractivity (Wildman–Crippen MR) is 90.9 cm³/mol. The number of hydrogen-bond acceptors (Lipinski definition) is 3. The molecule has 3 aliphatic rings. The molecule has 0 aliphatic heterocycles. The van der Waals surface area contributed by atoms with Gasteiger partial charge in [-0.1, -0.05) is 24.3 Å². The Morgan fingerprint density at radius 3 is 2.36 bits per heavy atom. The molecule has 0 heterocycles. The van der Waals surface area contributed by atoms with Crippen LogP contribution >= 0.6 is 0 Å². The van der Waals surface area contributed by atoms with E-state index in [9.17, 15) is 19.5 Å². The maximum atomic E-state index is 12.8. The van der Waals surface area contributed by atoms with Crippen LogP contribution < -0.4 is 10.6 Å². The minimum Gasteiger partial charge on any atom is -0.481 e.